The van der Waals surface area contributed by atoms with Crippen LogP contribution in [0.4, 0.5) is 0 Å². The van der Waals surface area contributed by atoms with Crippen LogP contribution in [0.3, 0.4) is 0 Å². The number of carbonyl (C=O) groups is 3. The van der Waals surface area contributed by atoms with Gasteiger partial charge in [-0.1, -0.05) is 45.9 Å². The molecule has 7 nitrogen and oxygen atoms in total. The van der Waals surface area contributed by atoms with Crippen molar-refractivity contribution < 1.29 is 33.3 Å². The van der Waals surface area contributed by atoms with Gasteiger partial charge in [0.25, 0.3) is 0 Å². The van der Waals surface area contributed by atoms with Crippen LogP contribution in [-0.4, -0.2) is 31.3 Å². The van der Waals surface area contributed by atoms with Crippen molar-refractivity contribution in [2.75, 3.05) is 13.7 Å². The Morgan fingerprint density at radius 2 is 1.45 bits per heavy atom. The molecule has 210 valence electrons. The summed E-state index contributed by atoms with van der Waals surface area (Å²) in [5.41, 5.74) is 1.64. The van der Waals surface area contributed by atoms with Gasteiger partial charge in [-0.15, -0.1) is 0 Å². The second-order valence-corrected chi connectivity index (χ2v) is 12.3. The van der Waals surface area contributed by atoms with E-state index in [-0.39, 0.29) is 33.7 Å². The Morgan fingerprint density at radius 1 is 0.850 bits per heavy atom. The number of methoxy groups -OCH3 is 1. The van der Waals surface area contributed by atoms with Crippen molar-refractivity contribution in [3.63, 3.8) is 0 Å². The van der Waals surface area contributed by atoms with Crippen molar-refractivity contribution in [3.05, 3.63) is 76.3 Å². The number of ether oxygens (including phenoxy) is 4. The lowest BCUT2D eigenvalue weighted by molar-refractivity contribution is -0.120. The van der Waals surface area contributed by atoms with Gasteiger partial charge in [0, 0.05) is 42.7 Å². The first-order chi connectivity index (χ1) is 18.9. The third-order valence-electron chi connectivity index (χ3n) is 7.71. The van der Waals surface area contributed by atoms with Crippen LogP contribution in [0.25, 0.3) is 0 Å². The Morgan fingerprint density at radius 3 is 2.02 bits per heavy atom. The van der Waals surface area contributed by atoms with Gasteiger partial charge < -0.3 is 18.9 Å². The summed E-state index contributed by atoms with van der Waals surface area (Å²) in [6.45, 7) is 10.4. The molecule has 0 saturated heterocycles. The zero-order valence-electron chi connectivity index (χ0n) is 24.0. The Bertz CT molecular complexity index is 1400. The van der Waals surface area contributed by atoms with Crippen LogP contribution in [0.1, 0.15) is 82.1 Å². The van der Waals surface area contributed by atoms with E-state index in [0.29, 0.717) is 66.5 Å². The second-order valence-electron chi connectivity index (χ2n) is 12.3. The van der Waals surface area contributed by atoms with Gasteiger partial charge >= 0.3 is 5.97 Å². The molecule has 0 amide bonds. The molecule has 7 heteroatoms. The molecule has 0 aromatic heterocycles. The predicted molar refractivity (Wildman–Crippen MR) is 149 cm³/mol. The fraction of sp³-hybridized carbons (Fsp3) is 0.424. The van der Waals surface area contributed by atoms with E-state index in [1.54, 1.807) is 42.5 Å². The van der Waals surface area contributed by atoms with E-state index in [9.17, 15) is 14.4 Å². The molecular formula is C33H36O7. The van der Waals surface area contributed by atoms with Gasteiger partial charge in [0.2, 0.25) is 0 Å². The first kappa shape index (κ1) is 27.7. The lowest BCUT2D eigenvalue weighted by Gasteiger charge is -2.42. The molecule has 0 atom stereocenters. The van der Waals surface area contributed by atoms with Crippen LogP contribution in [0, 0.1) is 10.8 Å². The molecule has 5 rings (SSSR count). The van der Waals surface area contributed by atoms with E-state index in [0.717, 1.165) is 5.56 Å². The van der Waals surface area contributed by atoms with Crippen molar-refractivity contribution in [1.82, 2.24) is 0 Å². The van der Waals surface area contributed by atoms with Gasteiger partial charge in [-0.2, -0.15) is 0 Å². The number of allylic oxidation sites excluding steroid dienone is 4. The summed E-state index contributed by atoms with van der Waals surface area (Å²) in [5.74, 6) is 1.14. The highest BCUT2D eigenvalue weighted by molar-refractivity contribution is 6.06. The summed E-state index contributed by atoms with van der Waals surface area (Å²) >= 11 is 0. The highest BCUT2D eigenvalue weighted by Crippen LogP contribution is 2.53. The van der Waals surface area contributed by atoms with Crippen molar-refractivity contribution in [2.45, 2.75) is 66.2 Å². The van der Waals surface area contributed by atoms with E-state index in [2.05, 4.69) is 27.7 Å². The first-order valence-electron chi connectivity index (χ1n) is 13.8. The van der Waals surface area contributed by atoms with Crippen LogP contribution in [0.15, 0.2) is 65.1 Å². The summed E-state index contributed by atoms with van der Waals surface area (Å²) in [7, 11) is 1.49. The maximum Gasteiger partial charge on any atom is 0.347 e. The number of rotatable bonds is 6. The van der Waals surface area contributed by atoms with E-state index < -0.39 is 11.9 Å². The number of ketones is 2. The van der Waals surface area contributed by atoms with Crippen LogP contribution in [0.5, 0.6) is 17.2 Å². The zero-order chi connectivity index (χ0) is 28.8. The summed E-state index contributed by atoms with van der Waals surface area (Å²) in [6, 6.07) is 12.1. The SMILES string of the molecule is CCOc1cc(C2C3=C(CC(C)(C)CC3=O)OC3=C2C(=O)CC(C)(C)C3)ccc1OC(=O)c1ccccc1OC. The topological polar surface area (TPSA) is 88.1 Å². The molecular weight excluding hydrogens is 508 g/mol. The highest BCUT2D eigenvalue weighted by Gasteiger charge is 2.48. The minimum absolute atomic E-state index is 0.00919. The standard InChI is InChI=1S/C33H36O7/c1-7-38-25-14-19(12-13-24(25)40-31(36)20-10-8-9-11-23(20)37-6)28-29-21(34)15-32(2,3)17-26(29)39-27-18-33(4,5)16-22(35)30(27)28/h8-14,28H,7,15-18H2,1-6H3. The van der Waals surface area contributed by atoms with Gasteiger partial charge in [-0.25, -0.2) is 4.79 Å². The molecule has 2 aliphatic carbocycles. The van der Waals surface area contributed by atoms with Gasteiger partial charge in [0.15, 0.2) is 23.1 Å². The summed E-state index contributed by atoms with van der Waals surface area (Å²) in [4.78, 5) is 40.2. The number of para-hydroxylation sites is 1. The van der Waals surface area contributed by atoms with Crippen LogP contribution < -0.4 is 14.2 Å². The molecule has 0 unspecified atom stereocenters. The summed E-state index contributed by atoms with van der Waals surface area (Å²) in [5, 5.41) is 0. The smallest absolute Gasteiger partial charge is 0.347 e. The van der Waals surface area contributed by atoms with E-state index >= 15 is 0 Å². The van der Waals surface area contributed by atoms with Crippen molar-refractivity contribution in [1.29, 1.82) is 0 Å². The minimum atomic E-state index is -0.582. The molecule has 0 saturated carbocycles. The van der Waals surface area contributed by atoms with Crippen molar-refractivity contribution in [2.24, 2.45) is 10.8 Å². The quantitative estimate of drug-likeness (QED) is 0.295. The van der Waals surface area contributed by atoms with Gasteiger partial charge in [0.1, 0.15) is 22.8 Å². The molecule has 2 aromatic rings. The van der Waals surface area contributed by atoms with E-state index in [4.69, 9.17) is 18.9 Å². The molecule has 2 aromatic carbocycles. The Balaban J connectivity index is 1.59. The Hall–Kier alpha value is -3.87. The number of hydrogen-bond acceptors (Lipinski definition) is 7. The molecule has 0 radical (unpaired) electrons. The third kappa shape index (κ3) is 5.17. The van der Waals surface area contributed by atoms with Crippen LogP contribution in [-0.2, 0) is 14.3 Å². The molecule has 40 heavy (non-hydrogen) atoms. The van der Waals surface area contributed by atoms with E-state index in [1.807, 2.05) is 6.92 Å². The predicted octanol–water partition coefficient (Wildman–Crippen LogP) is 6.71. The van der Waals surface area contributed by atoms with Gasteiger partial charge in [-0.05, 0) is 47.6 Å². The molecule has 0 spiro atoms. The Kier molecular flexibility index (Phi) is 7.11. The third-order valence-corrected chi connectivity index (χ3v) is 7.71. The number of hydrogen-bond donors (Lipinski definition) is 0. The Labute approximate surface area is 235 Å². The van der Waals surface area contributed by atoms with Crippen molar-refractivity contribution >= 4 is 17.5 Å². The largest absolute Gasteiger partial charge is 0.496 e. The molecule has 1 aliphatic heterocycles. The molecule has 0 N–H and O–H groups in total. The van der Waals surface area contributed by atoms with Crippen LogP contribution in [0.2, 0.25) is 0 Å². The summed E-state index contributed by atoms with van der Waals surface area (Å²) in [6.07, 6.45) is 1.98. The van der Waals surface area contributed by atoms with E-state index in [1.165, 1.54) is 7.11 Å². The fourth-order valence-corrected chi connectivity index (χ4v) is 6.03. The van der Waals surface area contributed by atoms with Gasteiger partial charge in [0.05, 0.1) is 13.7 Å². The number of esters is 1. The molecule has 1 heterocycles. The average Bonchev–Trinajstić information content (AvgIpc) is 2.87. The maximum atomic E-state index is 13.6. The lowest BCUT2D eigenvalue weighted by Crippen LogP contribution is -2.37. The second kappa shape index (κ2) is 10.3. The first-order valence-corrected chi connectivity index (χ1v) is 13.8. The monoisotopic (exact) mass is 544 g/mol. The van der Waals surface area contributed by atoms with Crippen LogP contribution >= 0.6 is 0 Å². The lowest BCUT2D eigenvalue weighted by atomic mass is 9.65. The van der Waals surface area contributed by atoms with Gasteiger partial charge in [-0.3, -0.25) is 9.59 Å². The number of benzene rings is 2. The zero-order valence-corrected chi connectivity index (χ0v) is 24.0. The molecule has 0 bridgehead atoms. The van der Waals surface area contributed by atoms with Crippen molar-refractivity contribution in [3.8, 4) is 17.2 Å². The normalized spacial score (nSPS) is 19.9. The number of carbonyl (C=O) groups excluding carboxylic acids is 3. The molecule has 3 aliphatic rings. The number of Topliss-reactive ketones (excluding diaryl/α,β-unsaturated/α-hetero) is 2. The summed E-state index contributed by atoms with van der Waals surface area (Å²) < 4.78 is 23.4. The average molecular weight is 545 g/mol. The molecule has 0 fully saturated rings. The minimum Gasteiger partial charge on any atom is -0.496 e. The highest BCUT2D eigenvalue weighted by atomic mass is 16.6. The fourth-order valence-electron chi connectivity index (χ4n) is 6.03. The maximum absolute atomic E-state index is 13.6.